The van der Waals surface area contributed by atoms with Gasteiger partial charge in [0.25, 0.3) is 5.91 Å². The van der Waals surface area contributed by atoms with Gasteiger partial charge in [-0.3, -0.25) is 4.79 Å². The van der Waals surface area contributed by atoms with E-state index in [2.05, 4.69) is 5.32 Å². The number of para-hydroxylation sites is 1. The van der Waals surface area contributed by atoms with E-state index in [1.165, 1.54) is 17.8 Å². The molecule has 4 nitrogen and oxygen atoms in total. The van der Waals surface area contributed by atoms with Crippen molar-refractivity contribution in [2.45, 2.75) is 11.8 Å². The van der Waals surface area contributed by atoms with Crippen LogP contribution in [0.3, 0.4) is 0 Å². The summed E-state index contributed by atoms with van der Waals surface area (Å²) >= 11 is 1.41. The summed E-state index contributed by atoms with van der Waals surface area (Å²) in [5.41, 5.74) is 1.66. The summed E-state index contributed by atoms with van der Waals surface area (Å²) in [6, 6.07) is 17.1. The minimum absolute atomic E-state index is 0.312. The van der Waals surface area contributed by atoms with Crippen LogP contribution in [0, 0.1) is 6.92 Å². The van der Waals surface area contributed by atoms with Crippen LogP contribution in [0.25, 0.3) is 0 Å². The number of thioether (sulfide) groups is 1. The number of ether oxygens (including phenoxy) is 1. The van der Waals surface area contributed by atoms with E-state index in [-0.39, 0.29) is 12.5 Å². The SMILES string of the molecule is Cc1ccccc1NC(=O)COC(=O)/C=C/Sc1ccccc1. The number of nitrogens with one attached hydrogen (secondary N) is 1. The predicted octanol–water partition coefficient (Wildman–Crippen LogP) is 3.78. The van der Waals surface area contributed by atoms with Crippen molar-refractivity contribution in [2.75, 3.05) is 11.9 Å². The second-order valence-corrected chi connectivity index (χ2v) is 5.68. The fourth-order valence-electron chi connectivity index (χ4n) is 1.75. The molecule has 1 amide bonds. The smallest absolute Gasteiger partial charge is 0.331 e. The Morgan fingerprint density at radius 2 is 1.78 bits per heavy atom. The first-order valence-corrected chi connectivity index (χ1v) is 7.93. The maximum Gasteiger partial charge on any atom is 0.331 e. The molecule has 1 N–H and O–H groups in total. The Balaban J connectivity index is 1.73. The van der Waals surface area contributed by atoms with Crippen LogP contribution in [0.2, 0.25) is 0 Å². The summed E-state index contributed by atoms with van der Waals surface area (Å²) in [4.78, 5) is 24.3. The van der Waals surface area contributed by atoms with Gasteiger partial charge >= 0.3 is 5.97 Å². The second kappa shape index (κ2) is 8.80. The van der Waals surface area contributed by atoms with Crippen LogP contribution >= 0.6 is 11.8 Å². The maximum atomic E-state index is 11.7. The average molecular weight is 327 g/mol. The largest absolute Gasteiger partial charge is 0.452 e. The predicted molar refractivity (Wildman–Crippen MR) is 92.2 cm³/mol. The van der Waals surface area contributed by atoms with E-state index in [0.29, 0.717) is 5.69 Å². The zero-order valence-corrected chi connectivity index (χ0v) is 13.5. The topological polar surface area (TPSA) is 55.4 Å². The highest BCUT2D eigenvalue weighted by molar-refractivity contribution is 8.02. The third-order valence-corrected chi connectivity index (χ3v) is 3.73. The lowest BCUT2D eigenvalue weighted by Crippen LogP contribution is -2.20. The molecule has 0 spiro atoms. The molecule has 0 aliphatic carbocycles. The van der Waals surface area contributed by atoms with Gasteiger partial charge in [0.1, 0.15) is 0 Å². The Morgan fingerprint density at radius 1 is 1.09 bits per heavy atom. The van der Waals surface area contributed by atoms with Crippen molar-refractivity contribution >= 4 is 29.3 Å². The number of amides is 1. The third kappa shape index (κ3) is 6.00. The van der Waals surface area contributed by atoms with E-state index in [9.17, 15) is 9.59 Å². The van der Waals surface area contributed by atoms with E-state index in [0.717, 1.165) is 10.5 Å². The van der Waals surface area contributed by atoms with E-state index < -0.39 is 5.97 Å². The zero-order valence-electron chi connectivity index (χ0n) is 12.7. The number of hydrogen-bond acceptors (Lipinski definition) is 4. The van der Waals surface area contributed by atoms with Crippen LogP contribution in [-0.4, -0.2) is 18.5 Å². The average Bonchev–Trinajstić information content (AvgIpc) is 2.56. The van der Waals surface area contributed by atoms with Crippen LogP contribution in [0.1, 0.15) is 5.56 Å². The Morgan fingerprint density at radius 3 is 2.52 bits per heavy atom. The molecule has 2 aromatic rings. The molecule has 5 heteroatoms. The number of carbonyl (C=O) groups is 2. The number of hydrogen-bond donors (Lipinski definition) is 1. The van der Waals surface area contributed by atoms with Crippen molar-refractivity contribution in [2.24, 2.45) is 0 Å². The van der Waals surface area contributed by atoms with Crippen LogP contribution in [0.15, 0.2) is 71.0 Å². The lowest BCUT2D eigenvalue weighted by atomic mass is 10.2. The molecule has 0 aromatic heterocycles. The van der Waals surface area contributed by atoms with Crippen molar-refractivity contribution < 1.29 is 14.3 Å². The molecule has 0 unspecified atom stereocenters. The van der Waals surface area contributed by atoms with Crippen LogP contribution < -0.4 is 5.32 Å². The summed E-state index contributed by atoms with van der Waals surface area (Å²) in [5.74, 6) is -0.912. The molecule has 0 atom stereocenters. The summed E-state index contributed by atoms with van der Waals surface area (Å²) in [6.07, 6.45) is 1.30. The lowest BCUT2D eigenvalue weighted by Gasteiger charge is -2.07. The van der Waals surface area contributed by atoms with Gasteiger partial charge in [-0.2, -0.15) is 0 Å². The quantitative estimate of drug-likeness (QED) is 0.498. The molecule has 2 aromatic carbocycles. The number of benzene rings is 2. The Bertz CT molecular complexity index is 698. The highest BCUT2D eigenvalue weighted by Crippen LogP contribution is 2.17. The molecule has 0 radical (unpaired) electrons. The van der Waals surface area contributed by atoms with E-state index in [1.807, 2.05) is 55.5 Å². The molecular formula is C18H17NO3S. The van der Waals surface area contributed by atoms with Gasteiger partial charge in [0, 0.05) is 16.7 Å². The van der Waals surface area contributed by atoms with Gasteiger partial charge in [0.15, 0.2) is 6.61 Å². The van der Waals surface area contributed by atoms with Gasteiger partial charge in [-0.25, -0.2) is 4.79 Å². The number of esters is 1. The highest BCUT2D eigenvalue weighted by atomic mass is 32.2. The third-order valence-electron chi connectivity index (χ3n) is 2.92. The first kappa shape index (κ1) is 16.8. The maximum absolute atomic E-state index is 11.7. The Labute approximate surface area is 139 Å². The molecule has 0 heterocycles. The van der Waals surface area contributed by atoms with Gasteiger partial charge in [0.2, 0.25) is 0 Å². The molecule has 0 aliphatic heterocycles. The van der Waals surface area contributed by atoms with Gasteiger partial charge in [0.05, 0.1) is 0 Å². The second-order valence-electron chi connectivity index (χ2n) is 4.70. The van der Waals surface area contributed by atoms with E-state index >= 15 is 0 Å². The number of aryl methyl sites for hydroxylation is 1. The number of carbonyl (C=O) groups excluding carboxylic acids is 2. The van der Waals surface area contributed by atoms with Gasteiger partial charge in [-0.1, -0.05) is 48.2 Å². The molecular weight excluding hydrogens is 310 g/mol. The summed E-state index contributed by atoms with van der Waals surface area (Å²) < 4.78 is 4.90. The molecule has 2 rings (SSSR count). The van der Waals surface area contributed by atoms with E-state index in [4.69, 9.17) is 4.74 Å². The monoisotopic (exact) mass is 327 g/mol. The summed E-state index contributed by atoms with van der Waals surface area (Å²) in [7, 11) is 0. The molecule has 118 valence electrons. The number of anilines is 1. The molecule has 23 heavy (non-hydrogen) atoms. The zero-order chi connectivity index (χ0) is 16.5. The molecule has 0 saturated carbocycles. The highest BCUT2D eigenvalue weighted by Gasteiger charge is 2.06. The van der Waals surface area contributed by atoms with Crippen molar-refractivity contribution in [3.05, 3.63) is 71.6 Å². The van der Waals surface area contributed by atoms with Gasteiger partial charge in [-0.15, -0.1) is 0 Å². The first-order valence-electron chi connectivity index (χ1n) is 7.05. The van der Waals surface area contributed by atoms with Gasteiger partial charge < -0.3 is 10.1 Å². The van der Waals surface area contributed by atoms with Crippen molar-refractivity contribution in [3.8, 4) is 0 Å². The van der Waals surface area contributed by atoms with Crippen molar-refractivity contribution in [1.29, 1.82) is 0 Å². The van der Waals surface area contributed by atoms with Crippen LogP contribution in [0.5, 0.6) is 0 Å². The Kier molecular flexibility index (Phi) is 6.44. The minimum atomic E-state index is -0.548. The standard InChI is InChI=1S/C18H17NO3S/c1-14-7-5-6-10-16(14)19-17(20)13-22-18(21)11-12-23-15-8-3-2-4-9-15/h2-12H,13H2,1H3,(H,19,20)/b12-11+. The van der Waals surface area contributed by atoms with Crippen LogP contribution in [-0.2, 0) is 14.3 Å². The van der Waals surface area contributed by atoms with E-state index in [1.54, 1.807) is 11.5 Å². The Hall–Kier alpha value is -2.53. The number of rotatable bonds is 6. The lowest BCUT2D eigenvalue weighted by molar-refractivity contribution is -0.142. The normalized spacial score (nSPS) is 10.5. The van der Waals surface area contributed by atoms with Crippen LogP contribution in [0.4, 0.5) is 5.69 Å². The van der Waals surface area contributed by atoms with Crippen molar-refractivity contribution in [3.63, 3.8) is 0 Å². The minimum Gasteiger partial charge on any atom is -0.452 e. The molecule has 0 fully saturated rings. The molecule has 0 bridgehead atoms. The fourth-order valence-corrected chi connectivity index (χ4v) is 2.40. The van der Waals surface area contributed by atoms with Crippen molar-refractivity contribution in [1.82, 2.24) is 0 Å². The molecule has 0 aliphatic rings. The first-order chi connectivity index (χ1) is 11.1. The fraction of sp³-hybridized carbons (Fsp3) is 0.111. The van der Waals surface area contributed by atoms with Gasteiger partial charge in [-0.05, 0) is 36.1 Å². The molecule has 0 saturated heterocycles. The summed E-state index contributed by atoms with van der Waals surface area (Å²) in [6.45, 7) is 1.58. The summed E-state index contributed by atoms with van der Waals surface area (Å²) in [5, 5.41) is 4.34.